The predicted molar refractivity (Wildman–Crippen MR) is 109 cm³/mol. The summed E-state index contributed by atoms with van der Waals surface area (Å²) in [6.45, 7) is 0. The van der Waals surface area contributed by atoms with E-state index in [1.165, 1.54) is 24.3 Å². The van der Waals surface area contributed by atoms with E-state index in [0.717, 1.165) is 0 Å². The minimum atomic E-state index is -1.21. The number of carbonyl (C=O) groups excluding carboxylic acids is 2. The van der Waals surface area contributed by atoms with E-state index in [2.05, 4.69) is 0 Å². The summed E-state index contributed by atoms with van der Waals surface area (Å²) >= 11 is 24.3. The molecule has 0 unspecified atom stereocenters. The zero-order valence-electron chi connectivity index (χ0n) is 14.3. The first-order valence-electron chi connectivity index (χ1n) is 8.04. The monoisotopic (exact) mass is 452 g/mol. The van der Waals surface area contributed by atoms with Gasteiger partial charge in [-0.2, -0.15) is 10.5 Å². The summed E-state index contributed by atoms with van der Waals surface area (Å²) in [5.74, 6) is -3.46. The molecule has 0 fully saturated rings. The Morgan fingerprint density at radius 1 is 0.714 bits per heavy atom. The van der Waals surface area contributed by atoms with Gasteiger partial charge in [-0.3, -0.25) is 9.59 Å². The lowest BCUT2D eigenvalue weighted by atomic mass is 9.89. The Bertz CT molecular complexity index is 886. The smallest absolute Gasteiger partial charge is 0.155 e. The summed E-state index contributed by atoms with van der Waals surface area (Å²) in [5, 5.41) is 19.6. The second kappa shape index (κ2) is 9.92. The van der Waals surface area contributed by atoms with Crippen LogP contribution in [0.25, 0.3) is 0 Å². The number of hydrogen-bond donors (Lipinski definition) is 0. The molecule has 0 bridgehead atoms. The van der Waals surface area contributed by atoms with Crippen LogP contribution in [0.15, 0.2) is 36.4 Å². The summed E-state index contributed by atoms with van der Waals surface area (Å²) in [6, 6.07) is 13.1. The lowest BCUT2D eigenvalue weighted by molar-refractivity contribution is -0.124. The molecule has 0 heterocycles. The first-order chi connectivity index (χ1) is 13.3. The topological polar surface area (TPSA) is 81.7 Å². The molecule has 0 saturated heterocycles. The molecule has 0 amide bonds. The fourth-order valence-electron chi connectivity index (χ4n) is 2.70. The highest BCUT2D eigenvalue weighted by Crippen LogP contribution is 2.34. The molecule has 8 heteroatoms. The summed E-state index contributed by atoms with van der Waals surface area (Å²) in [5.41, 5.74) is 0.411. The Kier molecular flexibility index (Phi) is 7.87. The summed E-state index contributed by atoms with van der Waals surface area (Å²) in [4.78, 5) is 25.1. The Morgan fingerprint density at radius 3 is 1.25 bits per heavy atom. The van der Waals surface area contributed by atoms with Gasteiger partial charge in [-0.05, 0) is 24.3 Å². The average Bonchev–Trinajstić information content (AvgIpc) is 2.65. The third-order valence-electron chi connectivity index (χ3n) is 4.10. The zero-order chi connectivity index (χ0) is 20.8. The van der Waals surface area contributed by atoms with E-state index in [-0.39, 0.29) is 44.1 Å². The van der Waals surface area contributed by atoms with E-state index in [1.54, 1.807) is 12.1 Å². The molecule has 142 valence electrons. The lowest BCUT2D eigenvalue weighted by Crippen LogP contribution is -2.17. The van der Waals surface area contributed by atoms with Crippen molar-refractivity contribution in [1.29, 1.82) is 10.5 Å². The van der Waals surface area contributed by atoms with E-state index >= 15 is 0 Å². The summed E-state index contributed by atoms with van der Waals surface area (Å²) < 4.78 is 0. The zero-order valence-corrected chi connectivity index (χ0v) is 17.3. The van der Waals surface area contributed by atoms with Gasteiger partial charge in [0.1, 0.15) is 11.8 Å². The highest BCUT2D eigenvalue weighted by Gasteiger charge is 2.29. The predicted octanol–water partition coefficient (Wildman–Crippen LogP) is 6.13. The number of hydrogen-bond acceptors (Lipinski definition) is 4. The van der Waals surface area contributed by atoms with Crippen LogP contribution in [0.2, 0.25) is 20.1 Å². The molecule has 2 aromatic carbocycles. The first-order valence-corrected chi connectivity index (χ1v) is 9.55. The maximum Gasteiger partial charge on any atom is 0.155 e. The van der Waals surface area contributed by atoms with Gasteiger partial charge in [0.2, 0.25) is 0 Å². The van der Waals surface area contributed by atoms with Crippen molar-refractivity contribution in [2.75, 3.05) is 0 Å². The Morgan fingerprint density at radius 2 is 1.00 bits per heavy atom. The Hall–Kier alpha value is -2.08. The number of Topliss-reactive ketones (excluding diaryl/α,β-unsaturated/α-hetero) is 2. The third-order valence-corrected chi connectivity index (χ3v) is 5.42. The van der Waals surface area contributed by atoms with Crippen molar-refractivity contribution in [1.82, 2.24) is 0 Å². The van der Waals surface area contributed by atoms with Gasteiger partial charge in [0.15, 0.2) is 11.6 Å². The van der Waals surface area contributed by atoms with Crippen LogP contribution < -0.4 is 0 Å². The molecule has 2 rings (SSSR count). The number of rotatable bonds is 7. The maximum atomic E-state index is 12.5. The van der Waals surface area contributed by atoms with Crippen LogP contribution in [0.3, 0.4) is 0 Å². The van der Waals surface area contributed by atoms with Crippen LogP contribution in [-0.2, 0) is 9.59 Å². The molecule has 0 aromatic heterocycles. The number of carbonyl (C=O) groups is 2. The molecule has 28 heavy (non-hydrogen) atoms. The largest absolute Gasteiger partial charge is 0.298 e. The molecule has 0 saturated carbocycles. The molecule has 0 aliphatic carbocycles. The SMILES string of the molecule is N#C[C@H](C(=O)CCC(=O)[C@H](C#N)c1c(Cl)cccc1Cl)c1c(Cl)cccc1Cl. The number of benzene rings is 2. The van der Waals surface area contributed by atoms with Crippen molar-refractivity contribution in [3.05, 3.63) is 67.6 Å². The van der Waals surface area contributed by atoms with Gasteiger partial charge in [0.25, 0.3) is 0 Å². The minimum absolute atomic E-state index is 0.191. The lowest BCUT2D eigenvalue weighted by Gasteiger charge is -2.14. The highest BCUT2D eigenvalue weighted by atomic mass is 35.5. The van der Waals surface area contributed by atoms with E-state index in [9.17, 15) is 20.1 Å². The van der Waals surface area contributed by atoms with Gasteiger partial charge < -0.3 is 0 Å². The summed E-state index contributed by atoms with van der Waals surface area (Å²) in [6.07, 6.45) is -0.502. The molecule has 0 aliphatic heterocycles. The molecule has 0 N–H and O–H groups in total. The van der Waals surface area contributed by atoms with E-state index in [4.69, 9.17) is 46.4 Å². The second-order valence-electron chi connectivity index (χ2n) is 5.83. The van der Waals surface area contributed by atoms with E-state index < -0.39 is 23.4 Å². The van der Waals surface area contributed by atoms with Crippen LogP contribution in [0.5, 0.6) is 0 Å². The minimum Gasteiger partial charge on any atom is -0.298 e. The summed E-state index contributed by atoms with van der Waals surface area (Å²) in [7, 11) is 0. The fraction of sp³-hybridized carbons (Fsp3) is 0.200. The van der Waals surface area contributed by atoms with Crippen LogP contribution in [0, 0.1) is 22.7 Å². The van der Waals surface area contributed by atoms with Gasteiger partial charge in [0, 0.05) is 44.1 Å². The van der Waals surface area contributed by atoms with E-state index in [1.807, 2.05) is 12.1 Å². The molecule has 2 atom stereocenters. The molecular weight excluding hydrogens is 442 g/mol. The van der Waals surface area contributed by atoms with Crippen molar-refractivity contribution in [3.8, 4) is 12.1 Å². The number of nitrogens with zero attached hydrogens (tertiary/aromatic N) is 2. The van der Waals surface area contributed by atoms with Gasteiger partial charge in [0.05, 0.1) is 12.1 Å². The van der Waals surface area contributed by atoms with Crippen molar-refractivity contribution >= 4 is 58.0 Å². The number of nitriles is 2. The molecule has 0 aliphatic rings. The fourth-order valence-corrected chi connectivity index (χ4v) is 3.93. The third kappa shape index (κ3) is 4.85. The molecule has 0 spiro atoms. The molecule has 2 aromatic rings. The quantitative estimate of drug-likeness (QED) is 0.504. The van der Waals surface area contributed by atoms with Crippen LogP contribution in [-0.4, -0.2) is 11.6 Å². The Balaban J connectivity index is 2.18. The number of halogens is 4. The van der Waals surface area contributed by atoms with Gasteiger partial charge in [-0.25, -0.2) is 0 Å². The maximum absolute atomic E-state index is 12.5. The highest BCUT2D eigenvalue weighted by molar-refractivity contribution is 6.37. The first kappa shape index (κ1) is 22.2. The standard InChI is InChI=1S/C20H12Cl4N2O2/c21-13-3-1-4-14(22)19(13)11(9-25)17(27)7-8-18(28)12(10-26)20-15(23)5-2-6-16(20)24/h1-6,11-12H,7-8H2/t11-,12+. The van der Waals surface area contributed by atoms with Gasteiger partial charge in [-0.15, -0.1) is 0 Å². The van der Waals surface area contributed by atoms with Crippen molar-refractivity contribution in [2.45, 2.75) is 24.7 Å². The number of ketones is 2. The molecule has 4 nitrogen and oxygen atoms in total. The van der Waals surface area contributed by atoms with Crippen molar-refractivity contribution < 1.29 is 9.59 Å². The normalized spacial score (nSPS) is 12.5. The Labute approximate surface area is 182 Å². The average molecular weight is 454 g/mol. The van der Waals surface area contributed by atoms with Gasteiger partial charge in [-0.1, -0.05) is 58.5 Å². The van der Waals surface area contributed by atoms with Crippen molar-refractivity contribution in [2.24, 2.45) is 0 Å². The molecule has 0 radical (unpaired) electrons. The van der Waals surface area contributed by atoms with Crippen molar-refractivity contribution in [3.63, 3.8) is 0 Å². The molecular formula is C20H12Cl4N2O2. The van der Waals surface area contributed by atoms with Crippen LogP contribution in [0.1, 0.15) is 35.8 Å². The van der Waals surface area contributed by atoms with E-state index in [0.29, 0.717) is 0 Å². The van der Waals surface area contributed by atoms with Gasteiger partial charge >= 0.3 is 0 Å². The van der Waals surface area contributed by atoms with Crippen LogP contribution >= 0.6 is 46.4 Å². The van der Waals surface area contributed by atoms with Crippen LogP contribution in [0.4, 0.5) is 0 Å². The second-order valence-corrected chi connectivity index (χ2v) is 7.46.